The molecule has 19 heavy (non-hydrogen) atoms. The monoisotopic (exact) mass is 262 g/mol. The number of hydrogen-bond donors (Lipinski definition) is 1. The first-order chi connectivity index (χ1) is 9.31. The molecule has 1 atom stereocenters. The molecule has 0 aliphatic carbocycles. The van der Waals surface area contributed by atoms with Crippen molar-refractivity contribution >= 4 is 5.91 Å². The molecule has 0 saturated carbocycles. The molecular weight excluding hydrogens is 240 g/mol. The predicted molar refractivity (Wildman–Crippen MR) is 75.2 cm³/mol. The Morgan fingerprint density at radius 1 is 1.42 bits per heavy atom. The zero-order valence-corrected chi connectivity index (χ0v) is 11.5. The Bertz CT molecular complexity index is 388. The van der Waals surface area contributed by atoms with Crippen molar-refractivity contribution in [1.82, 2.24) is 10.2 Å². The van der Waals surface area contributed by atoms with Gasteiger partial charge in [0.25, 0.3) is 5.91 Å². The fourth-order valence-corrected chi connectivity index (χ4v) is 2.42. The minimum atomic E-state index is 0.0892. The molecule has 1 aliphatic rings. The summed E-state index contributed by atoms with van der Waals surface area (Å²) >= 11 is 0. The van der Waals surface area contributed by atoms with Gasteiger partial charge in [0.1, 0.15) is 0 Å². The smallest absolute Gasteiger partial charge is 0.253 e. The van der Waals surface area contributed by atoms with Gasteiger partial charge in [-0.25, -0.2) is 0 Å². The molecule has 4 nitrogen and oxygen atoms in total. The van der Waals surface area contributed by atoms with Gasteiger partial charge in [-0.1, -0.05) is 18.2 Å². The van der Waals surface area contributed by atoms with E-state index in [9.17, 15) is 4.79 Å². The molecule has 0 spiro atoms. The first kappa shape index (κ1) is 14.0. The van der Waals surface area contributed by atoms with Gasteiger partial charge in [-0.15, -0.1) is 0 Å². The van der Waals surface area contributed by atoms with Crippen molar-refractivity contribution in [2.45, 2.75) is 18.9 Å². The minimum Gasteiger partial charge on any atom is -0.383 e. The van der Waals surface area contributed by atoms with Gasteiger partial charge in [0.05, 0.1) is 6.61 Å². The van der Waals surface area contributed by atoms with Gasteiger partial charge in [0.2, 0.25) is 0 Å². The summed E-state index contributed by atoms with van der Waals surface area (Å²) < 4.78 is 5.11. The standard InChI is InChI=1S/C15H22N2O2/c1-19-11-10-17(12-14-8-5-9-16-14)15(18)13-6-3-2-4-7-13/h2-4,6-7,14,16H,5,8-12H2,1H3. The van der Waals surface area contributed by atoms with Crippen molar-refractivity contribution in [3.8, 4) is 0 Å². The number of benzene rings is 1. The Morgan fingerprint density at radius 3 is 2.84 bits per heavy atom. The first-order valence-electron chi connectivity index (χ1n) is 6.88. The average Bonchev–Trinajstić information content (AvgIpc) is 2.96. The van der Waals surface area contributed by atoms with Crippen LogP contribution in [0.25, 0.3) is 0 Å². The maximum absolute atomic E-state index is 12.5. The third kappa shape index (κ3) is 4.04. The minimum absolute atomic E-state index is 0.0892. The van der Waals surface area contributed by atoms with Crippen LogP contribution < -0.4 is 5.32 Å². The van der Waals surface area contributed by atoms with Crippen LogP contribution in [0.4, 0.5) is 0 Å². The number of methoxy groups -OCH3 is 1. The molecule has 0 radical (unpaired) electrons. The van der Waals surface area contributed by atoms with Crippen molar-refractivity contribution in [2.75, 3.05) is 33.4 Å². The number of nitrogens with one attached hydrogen (secondary N) is 1. The number of rotatable bonds is 6. The van der Waals surface area contributed by atoms with E-state index in [4.69, 9.17) is 4.74 Å². The number of amides is 1. The molecule has 2 rings (SSSR count). The molecule has 104 valence electrons. The Balaban J connectivity index is 2.01. The molecule has 0 bridgehead atoms. The second-order valence-electron chi connectivity index (χ2n) is 4.90. The maximum atomic E-state index is 12.5. The maximum Gasteiger partial charge on any atom is 0.253 e. The van der Waals surface area contributed by atoms with Crippen LogP contribution in [0.1, 0.15) is 23.2 Å². The van der Waals surface area contributed by atoms with E-state index in [1.807, 2.05) is 35.2 Å². The first-order valence-corrected chi connectivity index (χ1v) is 6.88. The largest absolute Gasteiger partial charge is 0.383 e. The summed E-state index contributed by atoms with van der Waals surface area (Å²) in [7, 11) is 1.67. The predicted octanol–water partition coefficient (Wildman–Crippen LogP) is 1.53. The molecule has 1 aromatic rings. The fraction of sp³-hybridized carbons (Fsp3) is 0.533. The Morgan fingerprint density at radius 2 is 2.21 bits per heavy atom. The van der Waals surface area contributed by atoms with E-state index in [-0.39, 0.29) is 5.91 Å². The molecule has 1 aromatic carbocycles. The zero-order chi connectivity index (χ0) is 13.5. The van der Waals surface area contributed by atoms with Gasteiger partial charge in [-0.05, 0) is 31.5 Å². The van der Waals surface area contributed by atoms with E-state index >= 15 is 0 Å². The lowest BCUT2D eigenvalue weighted by Crippen LogP contribution is -2.42. The summed E-state index contributed by atoms with van der Waals surface area (Å²) in [6.45, 7) is 3.03. The molecule has 1 N–H and O–H groups in total. The zero-order valence-electron chi connectivity index (χ0n) is 11.5. The Hall–Kier alpha value is -1.39. The number of ether oxygens (including phenoxy) is 1. The van der Waals surface area contributed by atoms with Crippen LogP contribution in [0.3, 0.4) is 0 Å². The van der Waals surface area contributed by atoms with Crippen molar-refractivity contribution in [2.24, 2.45) is 0 Å². The van der Waals surface area contributed by atoms with E-state index in [0.29, 0.717) is 19.2 Å². The van der Waals surface area contributed by atoms with Crippen LogP contribution in [0.2, 0.25) is 0 Å². The van der Waals surface area contributed by atoms with Crippen LogP contribution in [0, 0.1) is 0 Å². The summed E-state index contributed by atoms with van der Waals surface area (Å²) in [5.74, 6) is 0.0892. The highest BCUT2D eigenvalue weighted by Gasteiger charge is 2.21. The molecule has 1 heterocycles. The highest BCUT2D eigenvalue weighted by molar-refractivity contribution is 5.94. The fourth-order valence-electron chi connectivity index (χ4n) is 2.42. The third-order valence-corrected chi connectivity index (χ3v) is 3.48. The van der Waals surface area contributed by atoms with Crippen LogP contribution in [-0.4, -0.2) is 50.2 Å². The summed E-state index contributed by atoms with van der Waals surface area (Å²) in [6, 6.07) is 9.87. The van der Waals surface area contributed by atoms with Crippen molar-refractivity contribution in [1.29, 1.82) is 0 Å². The summed E-state index contributed by atoms with van der Waals surface area (Å²) in [5.41, 5.74) is 0.747. The van der Waals surface area contributed by atoms with Gasteiger partial charge in [-0.2, -0.15) is 0 Å². The van der Waals surface area contributed by atoms with E-state index in [1.54, 1.807) is 7.11 Å². The SMILES string of the molecule is COCCN(CC1CCCN1)C(=O)c1ccccc1. The number of hydrogen-bond acceptors (Lipinski definition) is 3. The quantitative estimate of drug-likeness (QED) is 0.845. The average molecular weight is 262 g/mol. The van der Waals surface area contributed by atoms with Gasteiger partial charge in [0.15, 0.2) is 0 Å². The van der Waals surface area contributed by atoms with Crippen molar-refractivity contribution in [3.63, 3.8) is 0 Å². The van der Waals surface area contributed by atoms with Gasteiger partial charge in [0, 0.05) is 31.8 Å². The van der Waals surface area contributed by atoms with E-state index in [1.165, 1.54) is 6.42 Å². The Labute approximate surface area is 114 Å². The number of carbonyl (C=O) groups excluding carboxylic acids is 1. The van der Waals surface area contributed by atoms with Crippen LogP contribution >= 0.6 is 0 Å². The van der Waals surface area contributed by atoms with Gasteiger partial charge >= 0.3 is 0 Å². The third-order valence-electron chi connectivity index (χ3n) is 3.48. The Kier molecular flexibility index (Phi) is 5.36. The summed E-state index contributed by atoms with van der Waals surface area (Å²) in [4.78, 5) is 14.4. The molecule has 1 saturated heterocycles. The molecule has 1 fully saturated rings. The molecule has 1 aliphatic heterocycles. The lowest BCUT2D eigenvalue weighted by Gasteiger charge is -2.25. The highest BCUT2D eigenvalue weighted by Crippen LogP contribution is 2.10. The lowest BCUT2D eigenvalue weighted by atomic mass is 10.1. The van der Waals surface area contributed by atoms with Crippen LogP contribution in [0.5, 0.6) is 0 Å². The molecule has 0 aromatic heterocycles. The van der Waals surface area contributed by atoms with Gasteiger partial charge in [-0.3, -0.25) is 4.79 Å². The molecule has 1 amide bonds. The van der Waals surface area contributed by atoms with E-state index in [0.717, 1.165) is 25.1 Å². The highest BCUT2D eigenvalue weighted by atomic mass is 16.5. The summed E-state index contributed by atoms with van der Waals surface area (Å²) in [6.07, 6.45) is 2.34. The molecule has 4 heteroatoms. The van der Waals surface area contributed by atoms with Crippen molar-refractivity contribution in [3.05, 3.63) is 35.9 Å². The topological polar surface area (TPSA) is 41.6 Å². The normalized spacial score (nSPS) is 18.5. The van der Waals surface area contributed by atoms with Crippen molar-refractivity contribution < 1.29 is 9.53 Å². The van der Waals surface area contributed by atoms with E-state index in [2.05, 4.69) is 5.32 Å². The van der Waals surface area contributed by atoms with Crippen LogP contribution in [0.15, 0.2) is 30.3 Å². The van der Waals surface area contributed by atoms with E-state index < -0.39 is 0 Å². The number of nitrogens with zero attached hydrogens (tertiary/aromatic N) is 1. The second-order valence-corrected chi connectivity index (χ2v) is 4.90. The molecule has 1 unspecified atom stereocenters. The number of carbonyl (C=O) groups is 1. The summed E-state index contributed by atoms with van der Waals surface area (Å²) in [5, 5.41) is 3.44. The second kappa shape index (κ2) is 7.26. The van der Waals surface area contributed by atoms with Crippen LogP contribution in [-0.2, 0) is 4.74 Å². The lowest BCUT2D eigenvalue weighted by molar-refractivity contribution is 0.0679. The van der Waals surface area contributed by atoms with Gasteiger partial charge < -0.3 is 15.0 Å². The molecular formula is C15H22N2O2.